The van der Waals surface area contributed by atoms with Crippen molar-refractivity contribution in [3.63, 3.8) is 0 Å². The van der Waals surface area contributed by atoms with Crippen LogP contribution in [0.1, 0.15) is 23.0 Å². The largest absolute Gasteiger partial charge is 0.397 e. The van der Waals surface area contributed by atoms with Crippen LogP contribution in [-0.4, -0.2) is 35.6 Å². The Labute approximate surface area is 130 Å². The molecule has 108 valence electrons. The molecule has 0 spiro atoms. The van der Waals surface area contributed by atoms with Gasteiger partial charge in [0.1, 0.15) is 4.88 Å². The highest BCUT2D eigenvalue weighted by atomic mass is 79.9. The molecule has 0 saturated heterocycles. The Hall–Kier alpha value is -1.11. The highest BCUT2D eigenvalue weighted by Gasteiger charge is 2.21. The van der Waals surface area contributed by atoms with Crippen LogP contribution in [0.4, 0.5) is 5.69 Å². The second-order valence-electron chi connectivity index (χ2n) is 4.50. The number of anilines is 1. The summed E-state index contributed by atoms with van der Waals surface area (Å²) in [4.78, 5) is 14.7. The van der Waals surface area contributed by atoms with Crippen LogP contribution in [0.25, 0.3) is 10.1 Å². The van der Waals surface area contributed by atoms with Crippen LogP contribution in [0.15, 0.2) is 22.7 Å². The van der Waals surface area contributed by atoms with Gasteiger partial charge in [-0.1, -0.05) is 22.9 Å². The molecule has 0 saturated carbocycles. The van der Waals surface area contributed by atoms with Crippen LogP contribution in [0, 0.1) is 0 Å². The summed E-state index contributed by atoms with van der Waals surface area (Å²) < 4.78 is 1.93. The van der Waals surface area contributed by atoms with Gasteiger partial charge in [-0.15, -0.1) is 11.3 Å². The second-order valence-corrected chi connectivity index (χ2v) is 6.47. The average Bonchev–Trinajstić information content (AvgIpc) is 2.75. The van der Waals surface area contributed by atoms with Crippen LogP contribution in [0.2, 0.25) is 0 Å². The number of carbonyl (C=O) groups excluding carboxylic acids is 1. The minimum atomic E-state index is -0.101. The molecule has 1 aromatic heterocycles. The van der Waals surface area contributed by atoms with Gasteiger partial charge in [0.05, 0.1) is 12.3 Å². The quantitative estimate of drug-likeness (QED) is 0.864. The van der Waals surface area contributed by atoms with Crippen molar-refractivity contribution in [2.24, 2.45) is 0 Å². The number of fused-ring (bicyclic) bond motifs is 1. The third-order valence-corrected chi connectivity index (χ3v) is 4.70. The van der Waals surface area contributed by atoms with E-state index in [2.05, 4.69) is 15.9 Å². The number of hydrogen-bond donors (Lipinski definition) is 2. The molecule has 2 rings (SSSR count). The number of thiophene rings is 1. The molecule has 1 aromatic carbocycles. The molecule has 0 bridgehead atoms. The summed E-state index contributed by atoms with van der Waals surface area (Å²) in [5, 5.41) is 9.97. The lowest BCUT2D eigenvalue weighted by molar-refractivity contribution is 0.0728. The van der Waals surface area contributed by atoms with E-state index in [-0.39, 0.29) is 12.5 Å². The number of aliphatic hydroxyl groups excluding tert-OH is 1. The van der Waals surface area contributed by atoms with Gasteiger partial charge in [0.25, 0.3) is 5.91 Å². The number of nitrogens with zero attached hydrogens (tertiary/aromatic N) is 1. The van der Waals surface area contributed by atoms with Gasteiger partial charge >= 0.3 is 0 Å². The first kappa shape index (κ1) is 15.3. The number of hydrogen-bond acceptors (Lipinski definition) is 4. The summed E-state index contributed by atoms with van der Waals surface area (Å²) in [6.45, 7) is 2.92. The highest BCUT2D eigenvalue weighted by Crippen LogP contribution is 2.36. The minimum Gasteiger partial charge on any atom is -0.397 e. The Bertz CT molecular complexity index is 621. The van der Waals surface area contributed by atoms with Crippen molar-refractivity contribution in [3.8, 4) is 0 Å². The zero-order valence-corrected chi connectivity index (χ0v) is 13.6. The molecule has 0 fully saturated rings. The average molecular weight is 357 g/mol. The Morgan fingerprint density at radius 1 is 1.45 bits per heavy atom. The van der Waals surface area contributed by atoms with E-state index < -0.39 is 0 Å². The Balaban J connectivity index is 2.40. The summed E-state index contributed by atoms with van der Waals surface area (Å²) in [6.07, 6.45) is 0.849. The number of rotatable bonds is 5. The summed E-state index contributed by atoms with van der Waals surface area (Å²) in [5.41, 5.74) is 6.64. The first-order valence-electron chi connectivity index (χ1n) is 6.46. The molecule has 1 heterocycles. The standard InChI is InChI=1S/C14H17BrN2O2S/c1-2-5-17(6-7-18)14(19)13-12(16)10-8-9(15)3-4-11(10)20-13/h3-4,8,18H,2,5-7,16H2,1H3. The molecule has 4 nitrogen and oxygen atoms in total. The molecule has 0 atom stereocenters. The van der Waals surface area contributed by atoms with Gasteiger partial charge in [0.15, 0.2) is 0 Å². The predicted molar refractivity (Wildman–Crippen MR) is 87.2 cm³/mol. The topological polar surface area (TPSA) is 66.6 Å². The van der Waals surface area contributed by atoms with Crippen molar-refractivity contribution >= 4 is 48.9 Å². The maximum absolute atomic E-state index is 12.5. The van der Waals surface area contributed by atoms with Crippen molar-refractivity contribution in [2.45, 2.75) is 13.3 Å². The highest BCUT2D eigenvalue weighted by molar-refractivity contribution is 9.10. The van der Waals surface area contributed by atoms with Crippen molar-refractivity contribution in [1.82, 2.24) is 4.90 Å². The van der Waals surface area contributed by atoms with Crippen molar-refractivity contribution in [2.75, 3.05) is 25.4 Å². The Kier molecular flexibility index (Phi) is 5.01. The molecule has 0 aliphatic rings. The molecule has 0 radical (unpaired) electrons. The van der Waals surface area contributed by atoms with E-state index >= 15 is 0 Å². The number of aliphatic hydroxyl groups is 1. The third kappa shape index (κ3) is 2.97. The monoisotopic (exact) mass is 356 g/mol. The molecular weight excluding hydrogens is 340 g/mol. The molecule has 0 aliphatic heterocycles. The first-order chi connectivity index (χ1) is 9.58. The molecule has 2 aromatic rings. The summed E-state index contributed by atoms with van der Waals surface area (Å²) in [7, 11) is 0. The first-order valence-corrected chi connectivity index (χ1v) is 8.07. The van der Waals surface area contributed by atoms with E-state index in [9.17, 15) is 4.79 Å². The number of nitrogens with two attached hydrogens (primary N) is 1. The number of halogens is 1. The molecule has 0 unspecified atom stereocenters. The summed E-state index contributed by atoms with van der Waals surface area (Å²) in [5.74, 6) is -0.101. The van der Waals surface area contributed by atoms with Crippen LogP contribution >= 0.6 is 27.3 Å². The fourth-order valence-electron chi connectivity index (χ4n) is 2.10. The Morgan fingerprint density at radius 2 is 2.20 bits per heavy atom. The van der Waals surface area contributed by atoms with Gasteiger partial charge in [-0.2, -0.15) is 0 Å². The lowest BCUT2D eigenvalue weighted by Gasteiger charge is -2.20. The van der Waals surface area contributed by atoms with E-state index in [1.54, 1.807) is 4.90 Å². The molecule has 0 aliphatic carbocycles. The fraction of sp³-hybridized carbons (Fsp3) is 0.357. The zero-order chi connectivity index (χ0) is 14.7. The normalized spacial score (nSPS) is 10.9. The van der Waals surface area contributed by atoms with Crippen molar-refractivity contribution in [1.29, 1.82) is 0 Å². The fourth-order valence-corrected chi connectivity index (χ4v) is 3.53. The summed E-state index contributed by atoms with van der Waals surface area (Å²) >= 11 is 4.81. The van der Waals surface area contributed by atoms with Crippen LogP contribution < -0.4 is 5.73 Å². The third-order valence-electron chi connectivity index (χ3n) is 3.03. The van der Waals surface area contributed by atoms with Crippen LogP contribution in [-0.2, 0) is 0 Å². The van der Waals surface area contributed by atoms with Gasteiger partial charge in [0.2, 0.25) is 0 Å². The zero-order valence-electron chi connectivity index (χ0n) is 11.2. The van der Waals surface area contributed by atoms with Crippen LogP contribution in [0.3, 0.4) is 0 Å². The van der Waals surface area contributed by atoms with Gasteiger partial charge in [-0.05, 0) is 24.6 Å². The molecule has 20 heavy (non-hydrogen) atoms. The van der Waals surface area contributed by atoms with E-state index in [1.807, 2.05) is 25.1 Å². The van der Waals surface area contributed by atoms with E-state index in [0.29, 0.717) is 23.7 Å². The SMILES string of the molecule is CCCN(CCO)C(=O)c1sc2ccc(Br)cc2c1N. The number of carbonyl (C=O) groups is 1. The molecule has 6 heteroatoms. The van der Waals surface area contributed by atoms with Gasteiger partial charge in [-0.3, -0.25) is 4.79 Å². The molecular formula is C14H17BrN2O2S. The lowest BCUT2D eigenvalue weighted by Crippen LogP contribution is -2.34. The van der Waals surface area contributed by atoms with Crippen molar-refractivity contribution in [3.05, 3.63) is 27.5 Å². The maximum atomic E-state index is 12.5. The number of nitrogen functional groups attached to an aromatic ring is 1. The smallest absolute Gasteiger partial charge is 0.266 e. The van der Waals surface area contributed by atoms with Crippen LogP contribution in [0.5, 0.6) is 0 Å². The van der Waals surface area contributed by atoms with Gasteiger partial charge in [0, 0.05) is 27.6 Å². The Morgan fingerprint density at radius 3 is 2.85 bits per heavy atom. The minimum absolute atomic E-state index is 0.0396. The van der Waals surface area contributed by atoms with E-state index in [4.69, 9.17) is 10.8 Å². The van der Waals surface area contributed by atoms with Crippen molar-refractivity contribution < 1.29 is 9.90 Å². The van der Waals surface area contributed by atoms with Gasteiger partial charge in [-0.25, -0.2) is 0 Å². The number of benzene rings is 1. The molecule has 1 amide bonds. The summed E-state index contributed by atoms with van der Waals surface area (Å²) in [6, 6.07) is 5.81. The van der Waals surface area contributed by atoms with E-state index in [1.165, 1.54) is 11.3 Å². The number of amides is 1. The van der Waals surface area contributed by atoms with E-state index in [0.717, 1.165) is 21.0 Å². The molecule has 3 N–H and O–H groups in total. The second kappa shape index (κ2) is 6.56. The predicted octanol–water partition coefficient (Wildman–Crippen LogP) is 3.09. The van der Waals surface area contributed by atoms with Gasteiger partial charge < -0.3 is 15.7 Å². The maximum Gasteiger partial charge on any atom is 0.266 e. The lowest BCUT2D eigenvalue weighted by atomic mass is 10.2.